The van der Waals surface area contributed by atoms with E-state index in [9.17, 15) is 19.2 Å². The van der Waals surface area contributed by atoms with E-state index in [1.54, 1.807) is 68.4 Å². The van der Waals surface area contributed by atoms with E-state index >= 15 is 0 Å². The molecular formula is C23H25N3O5. The first-order chi connectivity index (χ1) is 14.6. The van der Waals surface area contributed by atoms with Gasteiger partial charge >= 0.3 is 5.97 Å². The first kappa shape index (κ1) is 22.0. The monoisotopic (exact) mass is 423 g/mol. The molecule has 8 heteroatoms. The Kier molecular flexibility index (Phi) is 6.10. The van der Waals surface area contributed by atoms with Crippen molar-refractivity contribution in [1.82, 2.24) is 5.32 Å². The van der Waals surface area contributed by atoms with Crippen molar-refractivity contribution in [1.29, 1.82) is 0 Å². The molecule has 0 fully saturated rings. The van der Waals surface area contributed by atoms with Crippen molar-refractivity contribution in [3.63, 3.8) is 0 Å². The first-order valence-corrected chi connectivity index (χ1v) is 9.94. The zero-order valence-corrected chi connectivity index (χ0v) is 17.8. The number of fused-ring (bicyclic) bond motifs is 1. The van der Waals surface area contributed by atoms with Gasteiger partial charge in [0, 0.05) is 5.56 Å². The highest BCUT2D eigenvalue weighted by Gasteiger charge is 2.45. The van der Waals surface area contributed by atoms with Gasteiger partial charge in [-0.2, -0.15) is 0 Å². The van der Waals surface area contributed by atoms with Gasteiger partial charge in [0.2, 0.25) is 5.91 Å². The standard InChI is InChI=1S/C23H25N3O5/c1-14(24-19(27)16-10-6-5-7-11-16)21(29)31-15(2)20(28)26-18-13-9-8-12-17(18)25-22(30)23(26,3)4/h5-15H,1-4H3,(H,24,27)(H,25,30)/t14-,15+/m0/s1. The molecule has 2 aromatic carbocycles. The second-order valence-electron chi connectivity index (χ2n) is 7.84. The maximum absolute atomic E-state index is 13.2. The van der Waals surface area contributed by atoms with Crippen LogP contribution in [0, 0.1) is 0 Å². The van der Waals surface area contributed by atoms with Crippen LogP contribution < -0.4 is 15.5 Å². The number of nitrogens with one attached hydrogen (secondary N) is 2. The van der Waals surface area contributed by atoms with Gasteiger partial charge in [0.15, 0.2) is 6.10 Å². The number of esters is 1. The maximum atomic E-state index is 13.2. The van der Waals surface area contributed by atoms with Crippen LogP contribution in [0.5, 0.6) is 0 Å². The number of carbonyl (C=O) groups is 4. The molecule has 0 saturated heterocycles. The van der Waals surface area contributed by atoms with Crippen molar-refractivity contribution >= 4 is 35.1 Å². The fourth-order valence-electron chi connectivity index (χ4n) is 3.28. The van der Waals surface area contributed by atoms with Crippen LogP contribution >= 0.6 is 0 Å². The molecule has 31 heavy (non-hydrogen) atoms. The van der Waals surface area contributed by atoms with Crippen LogP contribution in [0.15, 0.2) is 54.6 Å². The Labute approximate surface area is 180 Å². The highest BCUT2D eigenvalue weighted by molar-refractivity contribution is 6.15. The van der Waals surface area contributed by atoms with Crippen molar-refractivity contribution in [2.45, 2.75) is 45.4 Å². The smallest absolute Gasteiger partial charge is 0.329 e. The SMILES string of the molecule is C[C@H](NC(=O)c1ccccc1)C(=O)O[C@H](C)C(=O)N1c2ccccc2NC(=O)C1(C)C. The van der Waals surface area contributed by atoms with Crippen LogP contribution in [-0.4, -0.2) is 41.4 Å². The maximum Gasteiger partial charge on any atom is 0.329 e. The Morgan fingerprint density at radius 1 is 1.00 bits per heavy atom. The van der Waals surface area contributed by atoms with Crippen LogP contribution in [0.25, 0.3) is 0 Å². The van der Waals surface area contributed by atoms with Gasteiger partial charge in [-0.1, -0.05) is 30.3 Å². The number of ether oxygens (including phenoxy) is 1. The number of rotatable bonds is 5. The predicted molar refractivity (Wildman–Crippen MR) is 116 cm³/mol. The molecule has 1 heterocycles. The summed E-state index contributed by atoms with van der Waals surface area (Å²) in [7, 11) is 0. The molecule has 0 aliphatic carbocycles. The normalized spacial score (nSPS) is 16.4. The zero-order chi connectivity index (χ0) is 22.8. The molecule has 2 N–H and O–H groups in total. The molecule has 0 radical (unpaired) electrons. The van der Waals surface area contributed by atoms with Gasteiger partial charge in [0.05, 0.1) is 11.4 Å². The van der Waals surface area contributed by atoms with Gasteiger partial charge in [-0.15, -0.1) is 0 Å². The second kappa shape index (κ2) is 8.59. The minimum atomic E-state index is -1.18. The fraction of sp³-hybridized carbons (Fsp3) is 0.304. The lowest BCUT2D eigenvalue weighted by Gasteiger charge is -2.42. The van der Waals surface area contributed by atoms with Crippen LogP contribution in [-0.2, 0) is 19.1 Å². The van der Waals surface area contributed by atoms with Gasteiger partial charge in [-0.3, -0.25) is 19.3 Å². The fourth-order valence-corrected chi connectivity index (χ4v) is 3.28. The molecular weight excluding hydrogens is 398 g/mol. The van der Waals surface area contributed by atoms with E-state index in [1.807, 2.05) is 0 Å². The molecule has 1 aliphatic rings. The number of benzene rings is 2. The molecule has 8 nitrogen and oxygen atoms in total. The number of anilines is 2. The highest BCUT2D eigenvalue weighted by atomic mass is 16.5. The minimum Gasteiger partial charge on any atom is -0.451 e. The summed E-state index contributed by atoms with van der Waals surface area (Å²) < 4.78 is 5.33. The topological polar surface area (TPSA) is 105 Å². The summed E-state index contributed by atoms with van der Waals surface area (Å²) in [5, 5.41) is 5.34. The van der Waals surface area contributed by atoms with Crippen LogP contribution in [0.4, 0.5) is 11.4 Å². The van der Waals surface area contributed by atoms with E-state index in [4.69, 9.17) is 4.74 Å². The lowest BCUT2D eigenvalue weighted by atomic mass is 9.95. The largest absolute Gasteiger partial charge is 0.451 e. The molecule has 0 aromatic heterocycles. The summed E-state index contributed by atoms with van der Waals surface area (Å²) in [6.07, 6.45) is -1.16. The minimum absolute atomic E-state index is 0.346. The summed E-state index contributed by atoms with van der Waals surface area (Å²) in [5.74, 6) is -2.06. The summed E-state index contributed by atoms with van der Waals surface area (Å²) in [5.41, 5.74) is 0.246. The zero-order valence-electron chi connectivity index (χ0n) is 17.8. The molecule has 2 atom stereocenters. The number of hydrogen-bond acceptors (Lipinski definition) is 5. The van der Waals surface area contributed by atoms with Crippen molar-refractivity contribution in [2.75, 3.05) is 10.2 Å². The molecule has 0 bridgehead atoms. The number of hydrogen-bond donors (Lipinski definition) is 2. The lowest BCUT2D eigenvalue weighted by Crippen LogP contribution is -2.60. The van der Waals surface area contributed by atoms with E-state index < -0.39 is 35.5 Å². The van der Waals surface area contributed by atoms with Crippen LogP contribution in [0.1, 0.15) is 38.1 Å². The second-order valence-corrected chi connectivity index (χ2v) is 7.84. The molecule has 3 amide bonds. The van der Waals surface area contributed by atoms with Crippen molar-refractivity contribution in [2.24, 2.45) is 0 Å². The molecule has 1 aliphatic heterocycles. The van der Waals surface area contributed by atoms with Crippen molar-refractivity contribution in [3.8, 4) is 0 Å². The third-order valence-corrected chi connectivity index (χ3v) is 5.11. The van der Waals surface area contributed by atoms with Gasteiger partial charge in [-0.05, 0) is 52.0 Å². The number of para-hydroxylation sites is 2. The Balaban J connectivity index is 1.71. The molecule has 0 unspecified atom stereocenters. The molecule has 0 spiro atoms. The molecule has 3 rings (SSSR count). The van der Waals surface area contributed by atoms with Crippen molar-refractivity contribution in [3.05, 3.63) is 60.2 Å². The van der Waals surface area contributed by atoms with Gasteiger partial charge in [0.1, 0.15) is 11.6 Å². The van der Waals surface area contributed by atoms with E-state index in [-0.39, 0.29) is 5.91 Å². The summed E-state index contributed by atoms with van der Waals surface area (Å²) in [4.78, 5) is 51.8. The average molecular weight is 423 g/mol. The average Bonchev–Trinajstić information content (AvgIpc) is 2.74. The Morgan fingerprint density at radius 3 is 2.29 bits per heavy atom. The summed E-state index contributed by atoms with van der Waals surface area (Å²) in [6.45, 7) is 6.16. The van der Waals surface area contributed by atoms with Crippen LogP contribution in [0.3, 0.4) is 0 Å². The Hall–Kier alpha value is -3.68. The van der Waals surface area contributed by atoms with E-state index in [0.717, 1.165) is 0 Å². The number of nitrogens with zero attached hydrogens (tertiary/aromatic N) is 1. The van der Waals surface area contributed by atoms with E-state index in [1.165, 1.54) is 18.7 Å². The molecule has 2 aromatic rings. The Bertz CT molecular complexity index is 1020. The van der Waals surface area contributed by atoms with Gasteiger partial charge in [0.25, 0.3) is 11.8 Å². The number of amides is 3. The first-order valence-electron chi connectivity index (χ1n) is 9.94. The van der Waals surface area contributed by atoms with Crippen molar-refractivity contribution < 1.29 is 23.9 Å². The predicted octanol–water partition coefficient (Wildman–Crippen LogP) is 2.50. The third kappa shape index (κ3) is 4.42. The summed E-state index contributed by atoms with van der Waals surface area (Å²) in [6, 6.07) is 14.4. The van der Waals surface area contributed by atoms with Gasteiger partial charge < -0.3 is 15.4 Å². The van der Waals surface area contributed by atoms with E-state index in [2.05, 4.69) is 10.6 Å². The van der Waals surface area contributed by atoms with E-state index in [0.29, 0.717) is 16.9 Å². The Morgan fingerprint density at radius 2 is 1.61 bits per heavy atom. The third-order valence-electron chi connectivity index (χ3n) is 5.11. The lowest BCUT2D eigenvalue weighted by molar-refractivity contribution is -0.155. The number of carbonyl (C=O) groups excluding carboxylic acids is 4. The quantitative estimate of drug-likeness (QED) is 0.719. The molecule has 0 saturated carbocycles. The molecule has 162 valence electrons. The van der Waals surface area contributed by atoms with Crippen LogP contribution in [0.2, 0.25) is 0 Å². The highest BCUT2D eigenvalue weighted by Crippen LogP contribution is 2.37. The summed E-state index contributed by atoms with van der Waals surface area (Å²) >= 11 is 0. The van der Waals surface area contributed by atoms with Gasteiger partial charge in [-0.25, -0.2) is 4.79 Å².